The Morgan fingerprint density at radius 3 is 2.47 bits per heavy atom. The van der Waals surface area contributed by atoms with Crippen molar-refractivity contribution in [2.45, 2.75) is 27.3 Å². The minimum absolute atomic E-state index is 0.881. The minimum atomic E-state index is 0.881. The molecule has 0 saturated carbocycles. The van der Waals surface area contributed by atoms with E-state index in [0.29, 0.717) is 0 Å². The van der Waals surface area contributed by atoms with E-state index in [1.165, 1.54) is 27.9 Å². The highest BCUT2D eigenvalue weighted by Crippen LogP contribution is 2.18. The maximum absolute atomic E-state index is 3.50. The fourth-order valence-electron chi connectivity index (χ4n) is 1.96. The van der Waals surface area contributed by atoms with Gasteiger partial charge in [0.05, 0.1) is 0 Å². The van der Waals surface area contributed by atoms with Gasteiger partial charge in [0.1, 0.15) is 0 Å². The van der Waals surface area contributed by atoms with Crippen molar-refractivity contribution < 1.29 is 0 Å². The van der Waals surface area contributed by atoms with Crippen LogP contribution < -0.4 is 5.32 Å². The molecule has 1 nitrogen and oxygen atoms in total. The lowest BCUT2D eigenvalue weighted by Crippen LogP contribution is -2.01. The summed E-state index contributed by atoms with van der Waals surface area (Å²) in [6.07, 6.45) is 0. The van der Waals surface area contributed by atoms with Gasteiger partial charge in [0.15, 0.2) is 0 Å². The number of hydrogen-bond acceptors (Lipinski definition) is 1. The van der Waals surface area contributed by atoms with E-state index < -0.39 is 0 Å². The molecule has 0 amide bonds. The third-order valence-electron chi connectivity index (χ3n) is 3.17. The van der Waals surface area contributed by atoms with Crippen LogP contribution in [0.25, 0.3) is 0 Å². The molecule has 2 aromatic rings. The fraction of sp³-hybridized carbons (Fsp3) is 0.250. The highest BCUT2D eigenvalue weighted by molar-refractivity contribution is 5.53. The summed E-state index contributed by atoms with van der Waals surface area (Å²) in [6.45, 7) is 7.31. The predicted molar refractivity (Wildman–Crippen MR) is 74.4 cm³/mol. The van der Waals surface area contributed by atoms with Crippen molar-refractivity contribution in [1.82, 2.24) is 0 Å². The lowest BCUT2D eigenvalue weighted by molar-refractivity contribution is 1.13. The zero-order valence-corrected chi connectivity index (χ0v) is 10.7. The molecule has 0 aliphatic heterocycles. The average molecular weight is 225 g/mol. The Bertz CT molecular complexity index is 515. The molecule has 0 saturated heterocycles. The summed E-state index contributed by atoms with van der Waals surface area (Å²) in [5.74, 6) is 0. The number of aryl methyl sites for hydroxylation is 2. The van der Waals surface area contributed by atoms with Crippen LogP contribution in [0.3, 0.4) is 0 Å². The van der Waals surface area contributed by atoms with Crippen LogP contribution in [0.5, 0.6) is 0 Å². The van der Waals surface area contributed by atoms with Gasteiger partial charge in [-0.3, -0.25) is 0 Å². The van der Waals surface area contributed by atoms with Crippen LogP contribution in [0.1, 0.15) is 22.3 Å². The second-order valence-electron chi connectivity index (χ2n) is 4.59. The SMILES string of the molecule is Cc1cccc(CNc2cccc(C)c2C)c1. The minimum Gasteiger partial charge on any atom is -0.381 e. The molecule has 1 N–H and O–H groups in total. The Morgan fingerprint density at radius 2 is 1.71 bits per heavy atom. The summed E-state index contributed by atoms with van der Waals surface area (Å²) in [5.41, 5.74) is 6.53. The van der Waals surface area contributed by atoms with Crippen molar-refractivity contribution in [3.8, 4) is 0 Å². The van der Waals surface area contributed by atoms with E-state index in [4.69, 9.17) is 0 Å². The molecule has 0 aliphatic rings. The Morgan fingerprint density at radius 1 is 0.941 bits per heavy atom. The van der Waals surface area contributed by atoms with Crippen LogP contribution in [0.15, 0.2) is 42.5 Å². The lowest BCUT2D eigenvalue weighted by atomic mass is 10.1. The smallest absolute Gasteiger partial charge is 0.0400 e. The number of nitrogens with one attached hydrogen (secondary N) is 1. The molecule has 0 radical (unpaired) electrons. The number of anilines is 1. The molecule has 17 heavy (non-hydrogen) atoms. The van der Waals surface area contributed by atoms with E-state index in [-0.39, 0.29) is 0 Å². The van der Waals surface area contributed by atoms with E-state index in [2.05, 4.69) is 68.6 Å². The highest BCUT2D eigenvalue weighted by atomic mass is 14.9. The number of rotatable bonds is 3. The number of hydrogen-bond donors (Lipinski definition) is 1. The van der Waals surface area contributed by atoms with Gasteiger partial charge in [-0.05, 0) is 43.5 Å². The molecule has 0 unspecified atom stereocenters. The molecular formula is C16H19N. The lowest BCUT2D eigenvalue weighted by Gasteiger charge is -2.11. The third-order valence-corrected chi connectivity index (χ3v) is 3.17. The van der Waals surface area contributed by atoms with E-state index >= 15 is 0 Å². The molecule has 88 valence electrons. The third kappa shape index (κ3) is 2.88. The molecular weight excluding hydrogens is 206 g/mol. The van der Waals surface area contributed by atoms with Crippen molar-refractivity contribution in [2.75, 3.05) is 5.32 Å². The molecule has 0 bridgehead atoms. The first-order valence-electron chi connectivity index (χ1n) is 6.02. The average Bonchev–Trinajstić information content (AvgIpc) is 2.31. The van der Waals surface area contributed by atoms with E-state index in [1.807, 2.05) is 0 Å². The Balaban J connectivity index is 2.10. The van der Waals surface area contributed by atoms with Crippen LogP contribution in [-0.2, 0) is 6.54 Å². The Labute approximate surface area is 103 Å². The van der Waals surface area contributed by atoms with Crippen molar-refractivity contribution >= 4 is 5.69 Å². The first-order chi connectivity index (χ1) is 8.16. The molecule has 0 aromatic heterocycles. The zero-order valence-electron chi connectivity index (χ0n) is 10.7. The summed E-state index contributed by atoms with van der Waals surface area (Å²) in [5, 5.41) is 3.50. The standard InChI is InChI=1S/C16H19N/c1-12-6-4-8-15(10-12)11-17-16-9-5-7-13(2)14(16)3/h4-10,17H,11H2,1-3H3. The summed E-state index contributed by atoms with van der Waals surface area (Å²) < 4.78 is 0. The van der Waals surface area contributed by atoms with Gasteiger partial charge in [-0.1, -0.05) is 42.0 Å². The van der Waals surface area contributed by atoms with Crippen molar-refractivity contribution in [1.29, 1.82) is 0 Å². The Hall–Kier alpha value is -1.76. The van der Waals surface area contributed by atoms with Crippen molar-refractivity contribution in [3.05, 3.63) is 64.7 Å². The van der Waals surface area contributed by atoms with Gasteiger partial charge < -0.3 is 5.32 Å². The van der Waals surface area contributed by atoms with Gasteiger partial charge >= 0.3 is 0 Å². The summed E-state index contributed by atoms with van der Waals surface area (Å²) in [6, 6.07) is 15.0. The molecule has 0 fully saturated rings. The van der Waals surface area contributed by atoms with Crippen LogP contribution in [0.4, 0.5) is 5.69 Å². The second-order valence-corrected chi connectivity index (χ2v) is 4.59. The summed E-state index contributed by atoms with van der Waals surface area (Å²) >= 11 is 0. The molecule has 0 heterocycles. The van der Waals surface area contributed by atoms with E-state index in [1.54, 1.807) is 0 Å². The Kier molecular flexibility index (Phi) is 3.48. The molecule has 0 spiro atoms. The van der Waals surface area contributed by atoms with Gasteiger partial charge in [-0.2, -0.15) is 0 Å². The van der Waals surface area contributed by atoms with E-state index in [9.17, 15) is 0 Å². The highest BCUT2D eigenvalue weighted by Gasteiger charge is 2.00. The first-order valence-corrected chi connectivity index (χ1v) is 6.02. The van der Waals surface area contributed by atoms with Crippen molar-refractivity contribution in [2.24, 2.45) is 0 Å². The van der Waals surface area contributed by atoms with Gasteiger partial charge in [0.2, 0.25) is 0 Å². The van der Waals surface area contributed by atoms with Crippen molar-refractivity contribution in [3.63, 3.8) is 0 Å². The normalized spacial score (nSPS) is 10.3. The maximum atomic E-state index is 3.50. The fourth-order valence-corrected chi connectivity index (χ4v) is 1.96. The van der Waals surface area contributed by atoms with E-state index in [0.717, 1.165) is 6.54 Å². The summed E-state index contributed by atoms with van der Waals surface area (Å²) in [4.78, 5) is 0. The van der Waals surface area contributed by atoms with Gasteiger partial charge in [-0.15, -0.1) is 0 Å². The predicted octanol–water partition coefficient (Wildman–Crippen LogP) is 4.22. The molecule has 2 aromatic carbocycles. The largest absolute Gasteiger partial charge is 0.381 e. The molecule has 2 rings (SSSR count). The molecule has 0 aliphatic carbocycles. The molecule has 0 atom stereocenters. The summed E-state index contributed by atoms with van der Waals surface area (Å²) in [7, 11) is 0. The maximum Gasteiger partial charge on any atom is 0.0400 e. The molecule has 1 heteroatoms. The monoisotopic (exact) mass is 225 g/mol. The van der Waals surface area contributed by atoms with Gasteiger partial charge in [0.25, 0.3) is 0 Å². The zero-order chi connectivity index (χ0) is 12.3. The quantitative estimate of drug-likeness (QED) is 0.824. The van der Waals surface area contributed by atoms with Crippen LogP contribution in [0, 0.1) is 20.8 Å². The van der Waals surface area contributed by atoms with Crippen LogP contribution in [-0.4, -0.2) is 0 Å². The number of benzene rings is 2. The first kappa shape index (κ1) is 11.7. The van der Waals surface area contributed by atoms with Gasteiger partial charge in [0, 0.05) is 12.2 Å². The van der Waals surface area contributed by atoms with Crippen LogP contribution >= 0.6 is 0 Å². The van der Waals surface area contributed by atoms with Crippen LogP contribution in [0.2, 0.25) is 0 Å². The topological polar surface area (TPSA) is 12.0 Å². The van der Waals surface area contributed by atoms with Gasteiger partial charge in [-0.25, -0.2) is 0 Å². The second kappa shape index (κ2) is 5.05.